The molecule has 0 unspecified atom stereocenters. The minimum absolute atomic E-state index is 0.0542. The number of anilines is 2. The molecule has 1 atom stereocenters. The number of nitrogens with one attached hydrogen (secondary N) is 1. The molecule has 1 N–H and O–H groups in total. The molecule has 0 spiro atoms. The number of nitrogens with zero attached hydrogens (tertiary/aromatic N) is 3. The summed E-state index contributed by atoms with van der Waals surface area (Å²) < 4.78 is 0. The van der Waals surface area contributed by atoms with Gasteiger partial charge in [0.05, 0.1) is 17.7 Å². The number of hydrogen-bond acceptors (Lipinski definition) is 4. The van der Waals surface area contributed by atoms with E-state index in [0.717, 1.165) is 12.2 Å². The van der Waals surface area contributed by atoms with Crippen molar-refractivity contribution in [1.82, 2.24) is 4.90 Å². The van der Waals surface area contributed by atoms with Gasteiger partial charge in [0.25, 0.3) is 0 Å². The largest absolute Gasteiger partial charge is 0.378 e. The van der Waals surface area contributed by atoms with E-state index in [9.17, 15) is 4.79 Å². The highest BCUT2D eigenvalue weighted by Gasteiger charge is 2.20. The van der Waals surface area contributed by atoms with Crippen LogP contribution in [0.15, 0.2) is 48.5 Å². The van der Waals surface area contributed by atoms with E-state index in [1.54, 1.807) is 24.3 Å². The van der Waals surface area contributed by atoms with E-state index in [1.165, 1.54) is 5.56 Å². The zero-order chi connectivity index (χ0) is 19.1. The predicted octanol–water partition coefficient (Wildman–Crippen LogP) is 3.47. The number of hydrogen-bond donors (Lipinski definition) is 1. The highest BCUT2D eigenvalue weighted by atomic mass is 16.2. The molecule has 2 aromatic rings. The van der Waals surface area contributed by atoms with E-state index in [0.29, 0.717) is 17.8 Å². The lowest BCUT2D eigenvalue weighted by molar-refractivity contribution is -0.120. The first-order valence-electron chi connectivity index (χ1n) is 8.76. The van der Waals surface area contributed by atoms with E-state index < -0.39 is 0 Å². The summed E-state index contributed by atoms with van der Waals surface area (Å²) >= 11 is 0. The lowest BCUT2D eigenvalue weighted by Crippen LogP contribution is -2.41. The Hall–Kier alpha value is -2.84. The van der Waals surface area contributed by atoms with Gasteiger partial charge >= 0.3 is 0 Å². The van der Waals surface area contributed by atoms with E-state index in [4.69, 9.17) is 5.26 Å². The van der Waals surface area contributed by atoms with Crippen molar-refractivity contribution < 1.29 is 4.79 Å². The number of benzene rings is 2. The van der Waals surface area contributed by atoms with Crippen molar-refractivity contribution in [2.45, 2.75) is 26.4 Å². The van der Waals surface area contributed by atoms with Gasteiger partial charge in [0.15, 0.2) is 0 Å². The van der Waals surface area contributed by atoms with Crippen LogP contribution < -0.4 is 10.2 Å². The molecule has 0 radical (unpaired) electrons. The van der Waals surface area contributed by atoms with Gasteiger partial charge < -0.3 is 10.2 Å². The van der Waals surface area contributed by atoms with Crippen molar-refractivity contribution >= 4 is 17.3 Å². The number of nitriles is 1. The molecule has 0 aliphatic heterocycles. The fraction of sp³-hybridized carbons (Fsp3) is 0.333. The van der Waals surface area contributed by atoms with Gasteiger partial charge in [0.1, 0.15) is 0 Å². The van der Waals surface area contributed by atoms with Crippen LogP contribution in [0.25, 0.3) is 0 Å². The molecular formula is C21H26N4O. The molecule has 0 aliphatic carbocycles. The van der Waals surface area contributed by atoms with Gasteiger partial charge in [-0.15, -0.1) is 0 Å². The zero-order valence-electron chi connectivity index (χ0n) is 15.9. The Morgan fingerprint density at radius 3 is 2.23 bits per heavy atom. The predicted molar refractivity (Wildman–Crippen MR) is 106 cm³/mol. The molecule has 1 amide bonds. The van der Waals surface area contributed by atoms with Gasteiger partial charge in [-0.2, -0.15) is 5.26 Å². The van der Waals surface area contributed by atoms with Crippen LogP contribution in [0.5, 0.6) is 0 Å². The molecule has 0 bridgehead atoms. The van der Waals surface area contributed by atoms with Crippen LogP contribution in [-0.2, 0) is 11.3 Å². The van der Waals surface area contributed by atoms with Crippen molar-refractivity contribution in [1.29, 1.82) is 5.26 Å². The average Bonchev–Trinajstić information content (AvgIpc) is 2.66. The molecule has 2 rings (SSSR count). The number of amides is 1. The van der Waals surface area contributed by atoms with Crippen molar-refractivity contribution in [3.05, 3.63) is 59.7 Å². The maximum absolute atomic E-state index is 12.6. The summed E-state index contributed by atoms with van der Waals surface area (Å²) in [6.45, 7) is 5.46. The van der Waals surface area contributed by atoms with E-state index in [-0.39, 0.29) is 11.9 Å². The molecule has 0 heterocycles. The molecule has 5 nitrogen and oxygen atoms in total. The quantitative estimate of drug-likeness (QED) is 0.831. The molecule has 5 heteroatoms. The topological polar surface area (TPSA) is 59.4 Å². The minimum atomic E-state index is -0.260. The number of carbonyl (C=O) groups excluding carboxylic acids is 1. The fourth-order valence-corrected chi connectivity index (χ4v) is 2.70. The van der Waals surface area contributed by atoms with Crippen LogP contribution in [0, 0.1) is 11.3 Å². The van der Waals surface area contributed by atoms with Gasteiger partial charge in [0, 0.05) is 32.0 Å². The standard InChI is InChI=1S/C21H26N4O/c1-5-25(15-18-8-12-20(13-9-18)24(3)4)16(2)21(26)23-19-10-6-17(14-22)7-11-19/h6-13,16H,5,15H2,1-4H3,(H,23,26)/t16-/m1/s1. The molecule has 0 saturated carbocycles. The van der Waals surface area contributed by atoms with Crippen molar-refractivity contribution in [3.8, 4) is 6.07 Å². The first kappa shape index (κ1) is 19.5. The third-order valence-electron chi connectivity index (χ3n) is 4.45. The SMILES string of the molecule is CCN(Cc1ccc(N(C)C)cc1)[C@H](C)C(=O)Nc1ccc(C#N)cc1. The Balaban J connectivity index is 2.00. The van der Waals surface area contributed by atoms with Crippen molar-refractivity contribution in [3.63, 3.8) is 0 Å². The second-order valence-electron chi connectivity index (χ2n) is 6.48. The van der Waals surface area contributed by atoms with E-state index >= 15 is 0 Å². The first-order chi connectivity index (χ1) is 12.4. The average molecular weight is 350 g/mol. The highest BCUT2D eigenvalue weighted by molar-refractivity contribution is 5.94. The Morgan fingerprint density at radius 2 is 1.73 bits per heavy atom. The van der Waals surface area contributed by atoms with E-state index in [1.807, 2.05) is 21.0 Å². The Kier molecular flexibility index (Phi) is 6.76. The highest BCUT2D eigenvalue weighted by Crippen LogP contribution is 2.16. The van der Waals surface area contributed by atoms with Gasteiger partial charge in [-0.3, -0.25) is 9.69 Å². The fourth-order valence-electron chi connectivity index (χ4n) is 2.70. The van der Waals surface area contributed by atoms with Crippen molar-refractivity contribution in [2.24, 2.45) is 0 Å². The number of likely N-dealkylation sites (N-methyl/N-ethyl adjacent to an activating group) is 1. The summed E-state index contributed by atoms with van der Waals surface area (Å²) in [4.78, 5) is 16.8. The third-order valence-corrected chi connectivity index (χ3v) is 4.45. The van der Waals surface area contributed by atoms with Crippen LogP contribution in [0.3, 0.4) is 0 Å². The Labute approximate surface area is 155 Å². The monoisotopic (exact) mass is 350 g/mol. The summed E-state index contributed by atoms with van der Waals surface area (Å²) in [5.74, 6) is -0.0542. The second kappa shape index (κ2) is 9.02. The Morgan fingerprint density at radius 1 is 1.12 bits per heavy atom. The maximum Gasteiger partial charge on any atom is 0.241 e. The molecule has 0 saturated heterocycles. The second-order valence-corrected chi connectivity index (χ2v) is 6.48. The van der Waals surface area contributed by atoms with Crippen LogP contribution in [0.4, 0.5) is 11.4 Å². The van der Waals surface area contributed by atoms with Crippen LogP contribution in [-0.4, -0.2) is 37.5 Å². The zero-order valence-corrected chi connectivity index (χ0v) is 15.9. The van der Waals surface area contributed by atoms with Gasteiger partial charge in [-0.1, -0.05) is 19.1 Å². The molecule has 0 fully saturated rings. The number of rotatable bonds is 7. The summed E-state index contributed by atoms with van der Waals surface area (Å²) in [5.41, 5.74) is 3.61. The van der Waals surface area contributed by atoms with E-state index in [2.05, 4.69) is 52.4 Å². The molecule has 2 aromatic carbocycles. The molecular weight excluding hydrogens is 324 g/mol. The molecule has 136 valence electrons. The molecule has 26 heavy (non-hydrogen) atoms. The van der Waals surface area contributed by atoms with Gasteiger partial charge in [0.2, 0.25) is 5.91 Å². The van der Waals surface area contributed by atoms with Crippen LogP contribution in [0.1, 0.15) is 25.0 Å². The smallest absolute Gasteiger partial charge is 0.241 e. The molecule has 0 aromatic heterocycles. The maximum atomic E-state index is 12.6. The van der Waals surface area contributed by atoms with Crippen LogP contribution >= 0.6 is 0 Å². The lowest BCUT2D eigenvalue weighted by Gasteiger charge is -2.27. The normalized spacial score (nSPS) is 11.7. The summed E-state index contributed by atoms with van der Waals surface area (Å²) in [7, 11) is 4.03. The van der Waals surface area contributed by atoms with Crippen molar-refractivity contribution in [2.75, 3.05) is 30.9 Å². The van der Waals surface area contributed by atoms with Gasteiger partial charge in [-0.05, 0) is 55.4 Å². The minimum Gasteiger partial charge on any atom is -0.378 e. The summed E-state index contributed by atoms with van der Waals surface area (Å²) in [5, 5.41) is 11.8. The molecule has 0 aliphatic rings. The third kappa shape index (κ3) is 5.08. The summed E-state index contributed by atoms with van der Waals surface area (Å²) in [6.07, 6.45) is 0. The summed E-state index contributed by atoms with van der Waals surface area (Å²) in [6, 6.07) is 17.1. The lowest BCUT2D eigenvalue weighted by atomic mass is 10.1. The first-order valence-corrected chi connectivity index (χ1v) is 8.76. The van der Waals surface area contributed by atoms with Crippen LogP contribution in [0.2, 0.25) is 0 Å². The number of carbonyl (C=O) groups is 1. The Bertz CT molecular complexity index is 760. The van der Waals surface area contributed by atoms with Gasteiger partial charge in [-0.25, -0.2) is 0 Å².